The van der Waals surface area contributed by atoms with E-state index in [1.807, 2.05) is 18.2 Å². The van der Waals surface area contributed by atoms with Crippen LogP contribution in [-0.2, 0) is 0 Å². The molecule has 0 aromatic heterocycles. The summed E-state index contributed by atoms with van der Waals surface area (Å²) in [6.45, 7) is 4.30. The van der Waals surface area contributed by atoms with Crippen LogP contribution in [0.15, 0.2) is 36.4 Å². The van der Waals surface area contributed by atoms with E-state index in [-0.39, 0.29) is 18.6 Å². The van der Waals surface area contributed by atoms with E-state index in [9.17, 15) is 9.90 Å². The Morgan fingerprint density at radius 3 is 2.84 bits per heavy atom. The Morgan fingerprint density at radius 1 is 1.32 bits per heavy atom. The van der Waals surface area contributed by atoms with Crippen molar-refractivity contribution in [3.8, 4) is 5.75 Å². The van der Waals surface area contributed by atoms with Crippen LogP contribution in [0.5, 0.6) is 5.75 Å². The molecule has 3 rings (SSSR count). The van der Waals surface area contributed by atoms with Gasteiger partial charge in [0.05, 0.1) is 24.8 Å². The largest absolute Gasteiger partial charge is 0.493 e. The van der Waals surface area contributed by atoms with Gasteiger partial charge in [-0.3, -0.25) is 0 Å². The number of carbonyl (C=O) groups is 1. The molecule has 2 N–H and O–H groups in total. The first-order valence-corrected chi connectivity index (χ1v) is 8.73. The van der Waals surface area contributed by atoms with Gasteiger partial charge in [0, 0.05) is 18.0 Å². The van der Waals surface area contributed by atoms with E-state index < -0.39 is 5.60 Å². The third kappa shape index (κ3) is 4.04. The van der Waals surface area contributed by atoms with Crippen molar-refractivity contribution in [1.29, 1.82) is 0 Å². The Balaban J connectivity index is 1.86. The number of benzene rings is 2. The minimum absolute atomic E-state index is 0.0983. The first kappa shape index (κ1) is 17.5. The summed E-state index contributed by atoms with van der Waals surface area (Å²) in [5, 5.41) is 15.2. The summed E-state index contributed by atoms with van der Waals surface area (Å²) in [6, 6.07) is 12.0. The second-order valence-corrected chi connectivity index (χ2v) is 7.37. The Hall–Kier alpha value is -2.27. The predicted octanol–water partition coefficient (Wildman–Crippen LogP) is 3.47. The standard InChI is InChI=1S/C20H26N2O3/c1-20(2,24)13-22(3)19(23)21-17-9-6-12-25-18-15-8-5-4-7-14(15)10-11-16(17)18/h4-5,7-8,10-11,17,24H,6,9,12-13H2,1-3H3,(H,21,23)/t17-/m0/s1. The van der Waals surface area contributed by atoms with Crippen molar-refractivity contribution in [1.82, 2.24) is 10.2 Å². The number of amides is 2. The van der Waals surface area contributed by atoms with Gasteiger partial charge in [-0.15, -0.1) is 0 Å². The van der Waals surface area contributed by atoms with Crippen LogP contribution in [0.1, 0.15) is 38.3 Å². The molecule has 5 heteroatoms. The SMILES string of the molecule is CN(CC(C)(C)O)C(=O)N[C@H]1CCCOc2c1ccc1ccccc21. The van der Waals surface area contributed by atoms with Gasteiger partial charge < -0.3 is 20.1 Å². The quantitative estimate of drug-likeness (QED) is 0.898. The van der Waals surface area contributed by atoms with Gasteiger partial charge in [-0.1, -0.05) is 36.4 Å². The maximum absolute atomic E-state index is 12.5. The molecule has 2 aromatic carbocycles. The Labute approximate surface area is 148 Å². The van der Waals surface area contributed by atoms with Gasteiger partial charge in [-0.05, 0) is 32.1 Å². The van der Waals surface area contributed by atoms with Gasteiger partial charge >= 0.3 is 6.03 Å². The number of nitrogens with one attached hydrogen (secondary N) is 1. The monoisotopic (exact) mass is 342 g/mol. The van der Waals surface area contributed by atoms with Crippen molar-refractivity contribution >= 4 is 16.8 Å². The smallest absolute Gasteiger partial charge is 0.317 e. The summed E-state index contributed by atoms with van der Waals surface area (Å²) in [5.41, 5.74) is 0.0912. The first-order chi connectivity index (χ1) is 11.8. The van der Waals surface area contributed by atoms with Crippen LogP contribution in [0.4, 0.5) is 4.79 Å². The second kappa shape index (κ2) is 6.92. The lowest BCUT2D eigenvalue weighted by Gasteiger charge is -2.28. The van der Waals surface area contributed by atoms with E-state index in [0.717, 1.165) is 34.9 Å². The molecule has 0 fully saturated rings. The molecule has 25 heavy (non-hydrogen) atoms. The molecule has 0 radical (unpaired) electrons. The van der Waals surface area contributed by atoms with Crippen LogP contribution in [-0.4, -0.2) is 41.8 Å². The number of rotatable bonds is 3. The van der Waals surface area contributed by atoms with E-state index in [4.69, 9.17) is 4.74 Å². The van der Waals surface area contributed by atoms with Crippen LogP contribution in [0.25, 0.3) is 10.8 Å². The molecule has 5 nitrogen and oxygen atoms in total. The molecule has 0 saturated carbocycles. The number of ether oxygens (including phenoxy) is 1. The van der Waals surface area contributed by atoms with Crippen LogP contribution < -0.4 is 10.1 Å². The summed E-state index contributed by atoms with van der Waals surface area (Å²) >= 11 is 0. The van der Waals surface area contributed by atoms with E-state index >= 15 is 0 Å². The minimum Gasteiger partial charge on any atom is -0.493 e. The number of hydrogen-bond acceptors (Lipinski definition) is 3. The highest BCUT2D eigenvalue weighted by Crippen LogP contribution is 2.37. The van der Waals surface area contributed by atoms with Crippen molar-refractivity contribution in [2.24, 2.45) is 0 Å². The summed E-state index contributed by atoms with van der Waals surface area (Å²) in [4.78, 5) is 14.1. The molecule has 1 aliphatic heterocycles. The fraction of sp³-hybridized carbons (Fsp3) is 0.450. The van der Waals surface area contributed by atoms with Crippen LogP contribution in [0.3, 0.4) is 0 Å². The van der Waals surface area contributed by atoms with E-state index in [1.54, 1.807) is 20.9 Å². The number of urea groups is 1. The number of fused-ring (bicyclic) bond motifs is 3. The Bertz CT molecular complexity index is 767. The van der Waals surface area contributed by atoms with Gasteiger partial charge in [0.1, 0.15) is 5.75 Å². The molecule has 2 aromatic rings. The van der Waals surface area contributed by atoms with Crippen molar-refractivity contribution in [3.05, 3.63) is 42.0 Å². The van der Waals surface area contributed by atoms with Crippen molar-refractivity contribution in [3.63, 3.8) is 0 Å². The summed E-state index contributed by atoms with van der Waals surface area (Å²) in [5.74, 6) is 0.867. The molecule has 1 aliphatic rings. The van der Waals surface area contributed by atoms with Gasteiger partial charge in [-0.2, -0.15) is 0 Å². The molecule has 134 valence electrons. The number of hydrogen-bond donors (Lipinski definition) is 2. The van der Waals surface area contributed by atoms with E-state index in [0.29, 0.717) is 6.61 Å². The third-order valence-electron chi connectivity index (χ3n) is 4.44. The molecular weight excluding hydrogens is 316 g/mol. The van der Waals surface area contributed by atoms with Gasteiger partial charge in [0.2, 0.25) is 0 Å². The third-order valence-corrected chi connectivity index (χ3v) is 4.44. The molecule has 0 saturated heterocycles. The Kier molecular flexibility index (Phi) is 4.86. The van der Waals surface area contributed by atoms with Crippen LogP contribution in [0, 0.1) is 0 Å². The zero-order valence-corrected chi connectivity index (χ0v) is 15.1. The number of aliphatic hydroxyl groups is 1. The van der Waals surface area contributed by atoms with Crippen LogP contribution >= 0.6 is 0 Å². The Morgan fingerprint density at radius 2 is 2.08 bits per heavy atom. The zero-order chi connectivity index (χ0) is 18.0. The van der Waals surface area contributed by atoms with Crippen molar-refractivity contribution < 1.29 is 14.6 Å². The lowest BCUT2D eigenvalue weighted by Crippen LogP contribution is -2.45. The normalized spacial score (nSPS) is 17.4. The van der Waals surface area contributed by atoms with Gasteiger partial charge in [-0.25, -0.2) is 4.79 Å². The number of nitrogens with zero attached hydrogens (tertiary/aromatic N) is 1. The number of carbonyl (C=O) groups excluding carboxylic acids is 1. The highest BCUT2D eigenvalue weighted by atomic mass is 16.5. The lowest BCUT2D eigenvalue weighted by atomic mass is 9.98. The molecule has 0 bridgehead atoms. The molecule has 0 spiro atoms. The highest BCUT2D eigenvalue weighted by Gasteiger charge is 2.26. The minimum atomic E-state index is -0.924. The fourth-order valence-electron chi connectivity index (χ4n) is 3.37. The maximum atomic E-state index is 12.5. The zero-order valence-electron chi connectivity index (χ0n) is 15.1. The predicted molar refractivity (Wildman–Crippen MR) is 98.9 cm³/mol. The second-order valence-electron chi connectivity index (χ2n) is 7.37. The van der Waals surface area contributed by atoms with Gasteiger partial charge in [0.25, 0.3) is 0 Å². The highest BCUT2D eigenvalue weighted by molar-refractivity contribution is 5.90. The fourth-order valence-corrected chi connectivity index (χ4v) is 3.37. The molecule has 2 amide bonds. The van der Waals surface area contributed by atoms with Crippen LogP contribution in [0.2, 0.25) is 0 Å². The summed E-state index contributed by atoms with van der Waals surface area (Å²) in [7, 11) is 1.70. The average molecular weight is 342 g/mol. The molecule has 0 unspecified atom stereocenters. The van der Waals surface area contributed by atoms with Crippen molar-refractivity contribution in [2.75, 3.05) is 20.2 Å². The molecule has 1 atom stereocenters. The maximum Gasteiger partial charge on any atom is 0.317 e. The summed E-state index contributed by atoms with van der Waals surface area (Å²) in [6.07, 6.45) is 1.70. The van der Waals surface area contributed by atoms with E-state index in [2.05, 4.69) is 23.5 Å². The molecule has 0 aliphatic carbocycles. The molecular formula is C20H26N2O3. The molecule has 1 heterocycles. The lowest BCUT2D eigenvalue weighted by molar-refractivity contribution is 0.0527. The van der Waals surface area contributed by atoms with Crippen molar-refractivity contribution in [2.45, 2.75) is 38.3 Å². The summed E-state index contributed by atoms with van der Waals surface area (Å²) < 4.78 is 6.01. The average Bonchev–Trinajstić information content (AvgIpc) is 2.76. The topological polar surface area (TPSA) is 61.8 Å². The first-order valence-electron chi connectivity index (χ1n) is 8.73. The number of likely N-dealkylation sites (N-methyl/N-ethyl adjacent to an activating group) is 1. The van der Waals surface area contributed by atoms with E-state index in [1.165, 1.54) is 4.90 Å². The van der Waals surface area contributed by atoms with Gasteiger partial charge in [0.15, 0.2) is 0 Å².